The van der Waals surface area contributed by atoms with Gasteiger partial charge in [0.25, 0.3) is 10.4 Å². The minimum Gasteiger partial charge on any atom is -0.716 e. The summed E-state index contributed by atoms with van der Waals surface area (Å²) in [6.07, 6.45) is 5.17. The van der Waals surface area contributed by atoms with Gasteiger partial charge in [-0.2, -0.15) is 0 Å². The van der Waals surface area contributed by atoms with Crippen LogP contribution in [-0.4, -0.2) is 44.7 Å². The Labute approximate surface area is 300 Å². The van der Waals surface area contributed by atoms with Crippen molar-refractivity contribution >= 4 is 44.3 Å². The van der Waals surface area contributed by atoms with Crippen molar-refractivity contribution in [1.82, 2.24) is 0 Å². The average molecular weight is 736 g/mol. The van der Waals surface area contributed by atoms with Crippen LogP contribution in [0.3, 0.4) is 0 Å². The maximum Gasteiger partial charge on any atom is 0.342 e. The van der Waals surface area contributed by atoms with Crippen molar-refractivity contribution in [3.05, 3.63) is 82.8 Å². The van der Waals surface area contributed by atoms with Crippen molar-refractivity contribution in [2.45, 2.75) is 66.1 Å². The number of carbonyl (C=O) groups is 2. The first-order valence-corrected chi connectivity index (χ1v) is 18.5. The molecular weight excluding hydrogens is 696 g/mol. The molecule has 0 bridgehead atoms. The molecule has 0 amide bonds. The van der Waals surface area contributed by atoms with Crippen LogP contribution in [0.2, 0.25) is 0 Å². The summed E-state index contributed by atoms with van der Waals surface area (Å²) in [5.74, 6) is -0.665. The van der Waals surface area contributed by atoms with E-state index in [-0.39, 0.29) is 89.8 Å². The van der Waals surface area contributed by atoms with Crippen LogP contribution in [-0.2, 0) is 33.1 Å². The molecule has 0 radical (unpaired) electrons. The summed E-state index contributed by atoms with van der Waals surface area (Å²) in [6.45, 7) is 5.29. The molecule has 0 N–H and O–H groups in total. The van der Waals surface area contributed by atoms with E-state index in [1.807, 2.05) is 30.3 Å². The van der Waals surface area contributed by atoms with Gasteiger partial charge in [-0.1, -0.05) is 49.6 Å². The molecule has 5 aromatic rings. The Hall–Kier alpha value is -5.21. The zero-order valence-corrected chi connectivity index (χ0v) is 29.9. The molecule has 52 heavy (non-hydrogen) atoms. The van der Waals surface area contributed by atoms with E-state index in [0.717, 1.165) is 37.7 Å². The van der Waals surface area contributed by atoms with Crippen molar-refractivity contribution in [3.8, 4) is 23.0 Å². The molecule has 1 saturated carbocycles. The van der Waals surface area contributed by atoms with Crippen LogP contribution in [0.1, 0.15) is 83.8 Å². The summed E-state index contributed by atoms with van der Waals surface area (Å²) in [5.41, 5.74) is 1.56. The van der Waals surface area contributed by atoms with Gasteiger partial charge in [0.2, 0.25) is 0 Å². The van der Waals surface area contributed by atoms with E-state index in [2.05, 4.69) is 0 Å². The van der Waals surface area contributed by atoms with Gasteiger partial charge in [-0.15, -0.1) is 0 Å². The number of hydrogen-bond acceptors (Lipinski definition) is 13. The zero-order valence-electron chi connectivity index (χ0n) is 29.1. The van der Waals surface area contributed by atoms with Crippen LogP contribution >= 0.6 is 0 Å². The number of aryl methyl sites for hydroxylation is 1. The molecule has 2 aromatic heterocycles. The molecule has 0 aliphatic heterocycles. The van der Waals surface area contributed by atoms with E-state index in [9.17, 15) is 22.6 Å². The summed E-state index contributed by atoms with van der Waals surface area (Å²) in [6, 6.07) is 15.2. The molecule has 1 aliphatic carbocycles. The van der Waals surface area contributed by atoms with Gasteiger partial charge < -0.3 is 41.3 Å². The molecule has 3 aromatic carbocycles. The van der Waals surface area contributed by atoms with Gasteiger partial charge in [-0.25, -0.2) is 18.0 Å². The number of furan rings is 2. The summed E-state index contributed by atoms with van der Waals surface area (Å²) < 4.78 is 81.0. The smallest absolute Gasteiger partial charge is 0.342 e. The minimum atomic E-state index is -5.21. The molecular formula is C38H39O13S-. The van der Waals surface area contributed by atoms with Crippen LogP contribution < -0.4 is 18.4 Å². The van der Waals surface area contributed by atoms with E-state index < -0.39 is 22.3 Å². The van der Waals surface area contributed by atoms with E-state index in [1.165, 1.54) is 12.1 Å². The summed E-state index contributed by atoms with van der Waals surface area (Å²) in [4.78, 5) is 26.3. The molecule has 0 atom stereocenters. The second-order valence-electron chi connectivity index (χ2n) is 12.3. The molecule has 0 spiro atoms. The van der Waals surface area contributed by atoms with Crippen molar-refractivity contribution in [2.24, 2.45) is 5.92 Å². The number of rotatable bonds is 15. The molecule has 276 valence electrons. The van der Waals surface area contributed by atoms with Gasteiger partial charge in [0, 0.05) is 22.9 Å². The standard InChI is InChI=1S/C38H40O13S/c1-4-44-37(39)35-23(3)49-28-18-31(46-20-24-12-8-6-9-13-24)30(16-26(28)35)48-22-34-36(38(40)45-5-2)27-17-33(51-52(41,42)43)32(19-29(27)50-34)47-21-25-14-10-7-11-15-25/h6,8-9,12-13,16-19,25H,4-5,7,10-11,14-15,20-22H2,1-3H3,(H,41,42,43)/p-1. The Morgan fingerprint density at radius 2 is 1.33 bits per heavy atom. The van der Waals surface area contributed by atoms with Crippen molar-refractivity contribution in [1.29, 1.82) is 0 Å². The summed E-state index contributed by atoms with van der Waals surface area (Å²) in [5, 5.41) is 0.542. The van der Waals surface area contributed by atoms with Crippen LogP contribution in [0, 0.1) is 12.8 Å². The molecule has 14 heteroatoms. The monoisotopic (exact) mass is 735 g/mol. The van der Waals surface area contributed by atoms with Crippen molar-refractivity contribution < 1.29 is 59.3 Å². The quantitative estimate of drug-likeness (QED) is 0.0579. The number of fused-ring (bicyclic) bond motifs is 2. The highest BCUT2D eigenvalue weighted by Gasteiger charge is 2.28. The van der Waals surface area contributed by atoms with Crippen LogP contribution in [0.15, 0.2) is 63.4 Å². The second kappa shape index (κ2) is 16.0. The first kappa shape index (κ1) is 36.6. The molecule has 13 nitrogen and oxygen atoms in total. The Bertz CT molecular complexity index is 2160. The molecule has 2 heterocycles. The van der Waals surface area contributed by atoms with E-state index in [0.29, 0.717) is 16.7 Å². The topological polar surface area (TPSA) is 173 Å². The van der Waals surface area contributed by atoms with Gasteiger partial charge in [0.1, 0.15) is 41.3 Å². The van der Waals surface area contributed by atoms with Crippen molar-refractivity contribution in [2.75, 3.05) is 19.8 Å². The van der Waals surface area contributed by atoms with Crippen molar-refractivity contribution in [3.63, 3.8) is 0 Å². The van der Waals surface area contributed by atoms with Crippen LogP contribution in [0.4, 0.5) is 0 Å². The van der Waals surface area contributed by atoms with Crippen LogP contribution in [0.25, 0.3) is 21.9 Å². The third-order valence-corrected chi connectivity index (χ3v) is 9.09. The predicted octanol–water partition coefficient (Wildman–Crippen LogP) is 7.80. The van der Waals surface area contributed by atoms with E-state index >= 15 is 0 Å². The Kier molecular flexibility index (Phi) is 11.2. The lowest BCUT2D eigenvalue weighted by Crippen LogP contribution is -2.16. The van der Waals surface area contributed by atoms with E-state index in [4.69, 9.17) is 36.7 Å². The number of ether oxygens (including phenoxy) is 5. The van der Waals surface area contributed by atoms with Gasteiger partial charge in [-0.3, -0.25) is 0 Å². The summed E-state index contributed by atoms with van der Waals surface area (Å²) in [7, 11) is -5.21. The molecule has 0 saturated heterocycles. The Morgan fingerprint density at radius 3 is 2.00 bits per heavy atom. The highest BCUT2D eigenvalue weighted by Crippen LogP contribution is 2.41. The normalized spacial score (nSPS) is 13.6. The zero-order chi connectivity index (χ0) is 36.8. The maximum absolute atomic E-state index is 13.4. The Balaban J connectivity index is 1.39. The first-order chi connectivity index (χ1) is 25.0. The fourth-order valence-electron chi connectivity index (χ4n) is 6.32. The third kappa shape index (κ3) is 8.45. The third-order valence-electron chi connectivity index (χ3n) is 8.70. The second-order valence-corrected chi connectivity index (χ2v) is 13.3. The molecule has 0 unspecified atom stereocenters. The van der Waals surface area contributed by atoms with Crippen LogP contribution in [0.5, 0.6) is 23.0 Å². The lowest BCUT2D eigenvalue weighted by molar-refractivity contribution is 0.0514. The SMILES string of the molecule is CCOC(=O)c1c(C)oc2cc(OCc3ccccc3)c(OCc3oc4cc(OCC5CCCCC5)c(OS(=O)(=O)[O-])cc4c3C(=O)OCC)cc12. The van der Waals surface area contributed by atoms with Gasteiger partial charge in [0.15, 0.2) is 28.8 Å². The number of benzene rings is 3. The molecule has 1 aliphatic rings. The average Bonchev–Trinajstić information content (AvgIpc) is 3.64. The maximum atomic E-state index is 13.4. The lowest BCUT2D eigenvalue weighted by Gasteiger charge is -2.22. The highest BCUT2D eigenvalue weighted by molar-refractivity contribution is 7.81. The molecule has 6 rings (SSSR count). The van der Waals surface area contributed by atoms with Gasteiger partial charge in [-0.05, 0) is 57.2 Å². The van der Waals surface area contributed by atoms with E-state index in [1.54, 1.807) is 32.9 Å². The fourth-order valence-corrected chi connectivity index (χ4v) is 6.67. The van der Waals surface area contributed by atoms with Gasteiger partial charge >= 0.3 is 11.9 Å². The number of esters is 2. The van der Waals surface area contributed by atoms with Gasteiger partial charge in [0.05, 0.1) is 19.8 Å². The largest absolute Gasteiger partial charge is 0.716 e. The number of hydrogen-bond donors (Lipinski definition) is 0. The fraction of sp³-hybridized carbons (Fsp3) is 0.368. The summed E-state index contributed by atoms with van der Waals surface area (Å²) >= 11 is 0. The lowest BCUT2D eigenvalue weighted by atomic mass is 9.90. The molecule has 1 fully saturated rings. The minimum absolute atomic E-state index is 0.0249. The first-order valence-electron chi connectivity index (χ1n) is 17.1. The highest BCUT2D eigenvalue weighted by atomic mass is 32.3. The predicted molar refractivity (Wildman–Crippen MR) is 187 cm³/mol. The Morgan fingerprint density at radius 1 is 0.750 bits per heavy atom. The number of carbonyl (C=O) groups excluding carboxylic acids is 2.